The Bertz CT molecular complexity index is 636. The second-order valence-corrected chi connectivity index (χ2v) is 6.54. The molecule has 21 heavy (non-hydrogen) atoms. The van der Waals surface area contributed by atoms with Gasteiger partial charge in [-0.3, -0.25) is 9.48 Å². The van der Waals surface area contributed by atoms with Crippen LogP contribution >= 0.6 is 11.3 Å². The van der Waals surface area contributed by atoms with Crippen molar-refractivity contribution in [2.45, 2.75) is 26.0 Å². The van der Waals surface area contributed by atoms with Gasteiger partial charge in [0.2, 0.25) is 5.91 Å². The molecular weight excluding hydrogens is 288 g/mol. The van der Waals surface area contributed by atoms with Crippen molar-refractivity contribution >= 4 is 17.2 Å². The summed E-state index contributed by atoms with van der Waals surface area (Å²) in [4.78, 5) is 17.8. The van der Waals surface area contributed by atoms with Crippen molar-refractivity contribution in [1.82, 2.24) is 20.1 Å². The van der Waals surface area contributed by atoms with Gasteiger partial charge in [0.25, 0.3) is 0 Å². The highest BCUT2D eigenvalue weighted by atomic mass is 32.1. The van der Waals surface area contributed by atoms with Gasteiger partial charge in [-0.1, -0.05) is 0 Å². The topological polar surface area (TPSA) is 69.0 Å². The Morgan fingerprint density at radius 1 is 1.57 bits per heavy atom. The number of amides is 1. The molecule has 112 valence electrons. The number of hydrogen-bond acceptors (Lipinski definition) is 5. The molecule has 2 aromatic heterocycles. The molecular formula is C14H18N4O2S. The van der Waals surface area contributed by atoms with E-state index in [0.29, 0.717) is 13.2 Å². The summed E-state index contributed by atoms with van der Waals surface area (Å²) >= 11 is 1.60. The van der Waals surface area contributed by atoms with Crippen molar-refractivity contribution in [3.8, 4) is 0 Å². The lowest BCUT2D eigenvalue weighted by Crippen LogP contribution is -2.31. The Morgan fingerprint density at radius 3 is 3.10 bits per heavy atom. The predicted octanol–water partition coefficient (Wildman–Crippen LogP) is 1.58. The zero-order valence-electron chi connectivity index (χ0n) is 12.1. The third-order valence-corrected chi connectivity index (χ3v) is 4.48. The number of hydrogen-bond donors (Lipinski definition) is 1. The maximum atomic E-state index is 12.4. The number of carbonyl (C=O) groups is 1. The molecule has 1 N–H and O–H groups in total. The van der Waals surface area contributed by atoms with E-state index in [4.69, 9.17) is 4.74 Å². The maximum absolute atomic E-state index is 12.4. The van der Waals surface area contributed by atoms with Gasteiger partial charge in [0.05, 0.1) is 24.8 Å². The van der Waals surface area contributed by atoms with Gasteiger partial charge in [0.15, 0.2) is 0 Å². The van der Waals surface area contributed by atoms with Gasteiger partial charge in [-0.2, -0.15) is 5.10 Å². The Hall–Kier alpha value is -1.73. The van der Waals surface area contributed by atoms with E-state index in [1.165, 1.54) is 0 Å². The van der Waals surface area contributed by atoms with Crippen molar-refractivity contribution in [2.75, 3.05) is 6.61 Å². The van der Waals surface area contributed by atoms with Crippen LogP contribution in [0.1, 0.15) is 28.0 Å². The second-order valence-electron chi connectivity index (χ2n) is 5.22. The van der Waals surface area contributed by atoms with E-state index in [1.807, 2.05) is 26.4 Å². The monoisotopic (exact) mass is 306 g/mol. The van der Waals surface area contributed by atoms with Crippen LogP contribution in [0.4, 0.5) is 0 Å². The number of rotatable bonds is 4. The van der Waals surface area contributed by atoms with Crippen molar-refractivity contribution in [1.29, 1.82) is 0 Å². The number of carbonyl (C=O) groups excluding carboxylic acids is 1. The highest BCUT2D eigenvalue weighted by molar-refractivity contribution is 7.11. The summed E-state index contributed by atoms with van der Waals surface area (Å²) in [6.07, 6.45) is 6.03. The van der Waals surface area contributed by atoms with Gasteiger partial charge in [0.1, 0.15) is 5.01 Å². The first-order valence-electron chi connectivity index (χ1n) is 6.92. The summed E-state index contributed by atoms with van der Waals surface area (Å²) < 4.78 is 7.44. The Labute approximate surface area is 127 Å². The van der Waals surface area contributed by atoms with Crippen LogP contribution in [-0.4, -0.2) is 27.3 Å². The molecule has 1 amide bonds. The highest BCUT2D eigenvalue weighted by Gasteiger charge is 2.35. The lowest BCUT2D eigenvalue weighted by molar-refractivity contribution is -0.126. The van der Waals surface area contributed by atoms with Gasteiger partial charge in [-0.15, -0.1) is 11.3 Å². The molecule has 2 atom stereocenters. The quantitative estimate of drug-likeness (QED) is 0.931. The number of aryl methyl sites for hydroxylation is 2. The summed E-state index contributed by atoms with van der Waals surface area (Å²) in [6.45, 7) is 3.09. The highest BCUT2D eigenvalue weighted by Crippen LogP contribution is 2.34. The Balaban J connectivity index is 1.63. The maximum Gasteiger partial charge on any atom is 0.226 e. The number of nitrogens with one attached hydrogen (secondary N) is 1. The zero-order valence-corrected chi connectivity index (χ0v) is 12.9. The van der Waals surface area contributed by atoms with E-state index in [1.54, 1.807) is 22.2 Å². The van der Waals surface area contributed by atoms with Crippen molar-refractivity contribution in [3.05, 3.63) is 34.0 Å². The normalized spacial score (nSPS) is 21.6. The molecule has 7 heteroatoms. The molecule has 2 aromatic rings. The molecule has 6 nitrogen and oxygen atoms in total. The minimum absolute atomic E-state index is 0.0224. The van der Waals surface area contributed by atoms with E-state index in [-0.39, 0.29) is 17.9 Å². The number of aromatic nitrogens is 3. The van der Waals surface area contributed by atoms with Crippen LogP contribution in [0.25, 0.3) is 0 Å². The minimum atomic E-state index is -0.197. The molecule has 0 radical (unpaired) electrons. The van der Waals surface area contributed by atoms with Crippen LogP contribution < -0.4 is 5.32 Å². The van der Waals surface area contributed by atoms with Crippen LogP contribution in [0.2, 0.25) is 0 Å². The second kappa shape index (κ2) is 5.95. The molecule has 1 aliphatic heterocycles. The van der Waals surface area contributed by atoms with Gasteiger partial charge in [0, 0.05) is 36.5 Å². The van der Waals surface area contributed by atoms with Crippen molar-refractivity contribution in [3.63, 3.8) is 0 Å². The fraction of sp³-hybridized carbons (Fsp3) is 0.500. The smallest absolute Gasteiger partial charge is 0.226 e. The third-order valence-electron chi connectivity index (χ3n) is 3.56. The van der Waals surface area contributed by atoms with Gasteiger partial charge in [-0.05, 0) is 13.3 Å². The van der Waals surface area contributed by atoms with Gasteiger partial charge < -0.3 is 10.1 Å². The summed E-state index contributed by atoms with van der Waals surface area (Å²) in [5.41, 5.74) is 0.959. The van der Waals surface area contributed by atoms with E-state index in [0.717, 1.165) is 21.9 Å². The summed E-state index contributed by atoms with van der Waals surface area (Å²) in [6, 6.07) is 0. The first kappa shape index (κ1) is 14.2. The van der Waals surface area contributed by atoms with Crippen molar-refractivity contribution in [2.24, 2.45) is 13.0 Å². The average Bonchev–Trinajstić information content (AvgIpc) is 3.16. The molecule has 1 saturated heterocycles. The van der Waals surface area contributed by atoms with Gasteiger partial charge in [-0.25, -0.2) is 4.98 Å². The average molecular weight is 306 g/mol. The fourth-order valence-corrected chi connectivity index (χ4v) is 3.28. The van der Waals surface area contributed by atoms with E-state index in [9.17, 15) is 4.79 Å². The SMILES string of the molecule is Cc1cnc(CNC(=O)[C@H]2CCO[C@@H]2c2cnn(C)c2)s1. The largest absolute Gasteiger partial charge is 0.373 e. The molecule has 0 spiro atoms. The third kappa shape index (κ3) is 3.14. The molecule has 0 aliphatic carbocycles. The zero-order chi connectivity index (χ0) is 14.8. The standard InChI is InChI=1S/C14H18N4O2S/c1-9-5-15-12(21-9)7-16-14(19)11-3-4-20-13(11)10-6-17-18(2)8-10/h5-6,8,11,13H,3-4,7H2,1-2H3,(H,16,19)/t11-,13+/m0/s1. The summed E-state index contributed by atoms with van der Waals surface area (Å²) in [5, 5.41) is 8.04. The van der Waals surface area contributed by atoms with E-state index in [2.05, 4.69) is 15.4 Å². The molecule has 0 unspecified atom stereocenters. The first-order valence-corrected chi connectivity index (χ1v) is 7.74. The predicted molar refractivity (Wildman–Crippen MR) is 78.7 cm³/mol. The number of ether oxygens (including phenoxy) is 1. The fourth-order valence-electron chi connectivity index (χ4n) is 2.55. The van der Waals surface area contributed by atoms with E-state index >= 15 is 0 Å². The van der Waals surface area contributed by atoms with Gasteiger partial charge >= 0.3 is 0 Å². The Morgan fingerprint density at radius 2 is 2.43 bits per heavy atom. The van der Waals surface area contributed by atoms with Crippen LogP contribution in [0.3, 0.4) is 0 Å². The summed E-state index contributed by atoms with van der Waals surface area (Å²) in [5.74, 6) is -0.135. The Kier molecular flexibility index (Phi) is 4.03. The van der Waals surface area contributed by atoms with Crippen molar-refractivity contribution < 1.29 is 9.53 Å². The summed E-state index contributed by atoms with van der Waals surface area (Å²) in [7, 11) is 1.86. The van der Waals surface area contributed by atoms with Crippen LogP contribution in [-0.2, 0) is 23.1 Å². The molecule has 0 bridgehead atoms. The van der Waals surface area contributed by atoms with E-state index < -0.39 is 0 Å². The number of nitrogens with zero attached hydrogens (tertiary/aromatic N) is 3. The molecule has 0 saturated carbocycles. The first-order chi connectivity index (χ1) is 10.1. The number of thiazole rings is 1. The molecule has 3 heterocycles. The molecule has 3 rings (SSSR count). The molecule has 0 aromatic carbocycles. The van der Waals surface area contributed by atoms with Crippen LogP contribution in [0, 0.1) is 12.8 Å². The van der Waals surface area contributed by atoms with Crippen LogP contribution in [0.5, 0.6) is 0 Å². The lowest BCUT2D eigenvalue weighted by Gasteiger charge is -2.16. The van der Waals surface area contributed by atoms with Crippen LogP contribution in [0.15, 0.2) is 18.6 Å². The minimum Gasteiger partial charge on any atom is -0.373 e. The lowest BCUT2D eigenvalue weighted by atomic mass is 9.96. The molecule has 1 fully saturated rings. The molecule has 1 aliphatic rings.